The molecule has 0 bridgehead atoms. The van der Waals surface area contributed by atoms with Crippen LogP contribution >= 0.6 is 0 Å². The fourth-order valence-corrected chi connectivity index (χ4v) is 3.15. The number of benzene rings is 2. The van der Waals surface area contributed by atoms with Crippen LogP contribution < -0.4 is 10.7 Å². The molecule has 2 aliphatic rings. The van der Waals surface area contributed by atoms with Crippen molar-refractivity contribution in [1.29, 1.82) is 0 Å². The first kappa shape index (κ1) is 20.0. The molecule has 1 heterocycles. The number of likely N-dealkylation sites (N-methyl/N-ethyl adjacent to an activating group) is 1. The molecule has 29 heavy (non-hydrogen) atoms. The lowest BCUT2D eigenvalue weighted by molar-refractivity contribution is -0.134. The summed E-state index contributed by atoms with van der Waals surface area (Å²) in [6, 6.07) is 9.22. The Bertz CT molecular complexity index is 1140. The number of phenols is 1. The maximum Gasteiger partial charge on any atom is 0.240 e. The molecule has 0 saturated carbocycles. The van der Waals surface area contributed by atoms with Gasteiger partial charge < -0.3 is 19.7 Å². The molecule has 0 spiro atoms. The van der Waals surface area contributed by atoms with E-state index in [1.807, 2.05) is 0 Å². The van der Waals surface area contributed by atoms with E-state index in [1.54, 1.807) is 25.2 Å². The first-order valence-electron chi connectivity index (χ1n) is 9.01. The van der Waals surface area contributed by atoms with Gasteiger partial charge in [0.2, 0.25) is 11.8 Å². The third kappa shape index (κ3) is 4.55. The average Bonchev–Trinajstić information content (AvgIpc) is 2.68. The molecule has 148 valence electrons. The summed E-state index contributed by atoms with van der Waals surface area (Å²) in [5.41, 5.74) is 1.79. The van der Waals surface area contributed by atoms with Crippen molar-refractivity contribution in [2.45, 2.75) is 12.8 Å². The predicted octanol–water partition coefficient (Wildman–Crippen LogP) is 1.74. The van der Waals surface area contributed by atoms with Gasteiger partial charge in [-0.05, 0) is 36.2 Å². The second-order valence-corrected chi connectivity index (χ2v) is 6.65. The Balaban J connectivity index is 1.85. The topological polar surface area (TPSA) is 99.9 Å². The van der Waals surface area contributed by atoms with Crippen molar-refractivity contribution in [2.75, 3.05) is 20.1 Å². The molecule has 0 fully saturated rings. The average molecular weight is 392 g/mol. The minimum absolute atomic E-state index is 0.0404. The van der Waals surface area contributed by atoms with E-state index >= 15 is 0 Å². The molecule has 2 amide bonds. The van der Waals surface area contributed by atoms with Crippen LogP contribution in [0.3, 0.4) is 0 Å². The number of nitrogens with zero attached hydrogens (tertiary/aromatic N) is 1. The van der Waals surface area contributed by atoms with Crippen LogP contribution in [0, 0.1) is 12.3 Å². The van der Waals surface area contributed by atoms with Crippen LogP contribution in [0.5, 0.6) is 5.75 Å². The maximum absolute atomic E-state index is 12.5. The summed E-state index contributed by atoms with van der Waals surface area (Å²) < 4.78 is 5.77. The Morgan fingerprint density at radius 2 is 2.03 bits per heavy atom. The van der Waals surface area contributed by atoms with E-state index < -0.39 is 0 Å². The van der Waals surface area contributed by atoms with Gasteiger partial charge in [0.1, 0.15) is 17.1 Å². The Hall–Kier alpha value is -3.79. The highest BCUT2D eigenvalue weighted by Gasteiger charge is 2.19. The number of aryl methyl sites for hydroxylation is 1. The zero-order valence-electron chi connectivity index (χ0n) is 15.9. The Morgan fingerprint density at radius 3 is 2.79 bits per heavy atom. The highest BCUT2D eigenvalue weighted by molar-refractivity contribution is 5.90. The zero-order valence-corrected chi connectivity index (χ0v) is 15.9. The van der Waals surface area contributed by atoms with Crippen molar-refractivity contribution in [3.63, 3.8) is 0 Å². The van der Waals surface area contributed by atoms with Gasteiger partial charge in [0.25, 0.3) is 0 Å². The minimum atomic E-state index is -0.327. The zero-order chi connectivity index (χ0) is 21.0. The van der Waals surface area contributed by atoms with Crippen molar-refractivity contribution >= 4 is 22.8 Å². The van der Waals surface area contributed by atoms with Gasteiger partial charge in [-0.1, -0.05) is 5.92 Å². The normalized spacial score (nSPS) is 10.6. The highest BCUT2D eigenvalue weighted by atomic mass is 16.3. The fourth-order valence-electron chi connectivity index (χ4n) is 3.15. The monoisotopic (exact) mass is 392 g/mol. The van der Waals surface area contributed by atoms with Gasteiger partial charge in [-0.25, -0.2) is 0 Å². The molecule has 1 aliphatic carbocycles. The van der Waals surface area contributed by atoms with Crippen LogP contribution in [-0.2, 0) is 16.0 Å². The van der Waals surface area contributed by atoms with Crippen molar-refractivity contribution in [3.8, 4) is 29.4 Å². The lowest BCUT2D eigenvalue weighted by atomic mass is 9.96. The van der Waals surface area contributed by atoms with Crippen molar-refractivity contribution in [2.24, 2.45) is 0 Å². The first-order valence-corrected chi connectivity index (χ1v) is 9.01. The number of terminal acetylenes is 1. The Labute approximate surface area is 167 Å². The molecular weight excluding hydrogens is 372 g/mol. The number of carbonyl (C=O) groups excluding carboxylic acids is 2. The van der Waals surface area contributed by atoms with E-state index in [1.165, 1.54) is 23.1 Å². The molecule has 0 aromatic heterocycles. The fraction of sp³-hybridized carbons (Fsp3) is 0.227. The number of nitrogens with one attached hydrogen (secondary N) is 1. The molecule has 1 aromatic carbocycles. The van der Waals surface area contributed by atoms with Crippen LogP contribution in [0.2, 0.25) is 0 Å². The maximum atomic E-state index is 12.5. The number of hydrogen-bond donors (Lipinski definition) is 2. The van der Waals surface area contributed by atoms with E-state index in [0.717, 1.165) is 16.5 Å². The number of carbonyl (C=O) groups is 2. The quantitative estimate of drug-likeness (QED) is 0.492. The van der Waals surface area contributed by atoms with E-state index in [0.29, 0.717) is 17.8 Å². The van der Waals surface area contributed by atoms with Crippen molar-refractivity contribution in [1.82, 2.24) is 10.2 Å². The summed E-state index contributed by atoms with van der Waals surface area (Å²) in [6.45, 7) is 0.0282. The Morgan fingerprint density at radius 1 is 1.24 bits per heavy atom. The molecule has 3 rings (SSSR count). The number of rotatable bonds is 6. The molecular formula is C22H20N2O5. The smallest absolute Gasteiger partial charge is 0.240 e. The largest absolute Gasteiger partial charge is 0.508 e. The van der Waals surface area contributed by atoms with Gasteiger partial charge in [-0.3, -0.25) is 14.4 Å². The summed E-state index contributed by atoms with van der Waals surface area (Å²) in [6.07, 6.45) is 5.64. The summed E-state index contributed by atoms with van der Waals surface area (Å²) in [5.74, 6) is 2.20. The number of amides is 2. The lowest BCUT2D eigenvalue weighted by Crippen LogP contribution is -2.38. The first-order chi connectivity index (χ1) is 13.9. The number of phenolic OH excluding ortho intramolecular Hbond substituents is 1. The lowest BCUT2D eigenvalue weighted by Gasteiger charge is -2.18. The summed E-state index contributed by atoms with van der Waals surface area (Å²) >= 11 is 0. The van der Waals surface area contributed by atoms with Gasteiger partial charge in [-0.2, -0.15) is 0 Å². The van der Waals surface area contributed by atoms with Crippen molar-refractivity contribution in [3.05, 3.63) is 52.2 Å². The molecule has 0 radical (unpaired) electrons. The number of hydrogen-bond acceptors (Lipinski definition) is 5. The Kier molecular flexibility index (Phi) is 5.84. The van der Waals surface area contributed by atoms with Crippen LogP contribution in [0.15, 0.2) is 45.6 Å². The van der Waals surface area contributed by atoms with Crippen LogP contribution in [0.25, 0.3) is 22.3 Å². The number of aromatic hydroxyl groups is 1. The van der Waals surface area contributed by atoms with Gasteiger partial charge in [-0.15, -0.1) is 6.42 Å². The number of fused-ring (bicyclic) bond motifs is 2. The van der Waals surface area contributed by atoms with E-state index in [4.69, 9.17) is 10.8 Å². The van der Waals surface area contributed by atoms with Gasteiger partial charge in [0.05, 0.1) is 13.1 Å². The molecule has 2 N–H and O–H groups in total. The molecule has 0 atom stereocenters. The third-order valence-electron chi connectivity index (χ3n) is 4.57. The van der Waals surface area contributed by atoms with E-state index in [-0.39, 0.29) is 42.5 Å². The van der Waals surface area contributed by atoms with Crippen LogP contribution in [-0.4, -0.2) is 42.0 Å². The summed E-state index contributed by atoms with van der Waals surface area (Å²) in [5, 5.41) is 13.0. The third-order valence-corrected chi connectivity index (χ3v) is 4.57. The molecule has 0 saturated heterocycles. The predicted molar refractivity (Wildman–Crippen MR) is 109 cm³/mol. The van der Waals surface area contributed by atoms with Crippen molar-refractivity contribution < 1.29 is 19.1 Å². The summed E-state index contributed by atoms with van der Waals surface area (Å²) in [4.78, 5) is 37.3. The van der Waals surface area contributed by atoms with Gasteiger partial charge in [0, 0.05) is 36.6 Å². The highest BCUT2D eigenvalue weighted by Crippen LogP contribution is 2.34. The second kappa shape index (κ2) is 8.48. The second-order valence-electron chi connectivity index (χ2n) is 6.65. The molecule has 7 heteroatoms. The molecule has 7 nitrogen and oxygen atoms in total. The minimum Gasteiger partial charge on any atom is -0.508 e. The van der Waals surface area contributed by atoms with Crippen LogP contribution in [0.4, 0.5) is 0 Å². The van der Waals surface area contributed by atoms with Gasteiger partial charge in [0.15, 0.2) is 5.43 Å². The molecule has 1 aromatic rings. The SMILES string of the molecule is C#CCNC(=O)CN(C)C(=O)CCc1c2ccc(=O)cc-2oc2cc(O)ccc12. The summed E-state index contributed by atoms with van der Waals surface area (Å²) in [7, 11) is 1.55. The molecule has 0 unspecified atom stereocenters. The molecule has 1 aliphatic heterocycles. The standard InChI is InChI=1S/C22H20N2O5/c1-3-10-23-21(27)13-24(2)22(28)9-8-16-17-6-4-14(25)11-19(17)29-20-12-15(26)5-7-18(16)20/h1,4-7,11-12,25H,8-10,13H2,2H3,(H,23,27). The van der Waals surface area contributed by atoms with Crippen LogP contribution in [0.1, 0.15) is 12.0 Å². The van der Waals surface area contributed by atoms with E-state index in [9.17, 15) is 19.5 Å². The van der Waals surface area contributed by atoms with E-state index in [2.05, 4.69) is 11.2 Å². The van der Waals surface area contributed by atoms with Gasteiger partial charge >= 0.3 is 0 Å².